The number of aromatic nitrogens is 2. The van der Waals surface area contributed by atoms with Gasteiger partial charge in [0.1, 0.15) is 12.4 Å². The molecule has 7 nitrogen and oxygen atoms in total. The van der Waals surface area contributed by atoms with Gasteiger partial charge >= 0.3 is 0 Å². The van der Waals surface area contributed by atoms with Gasteiger partial charge in [0.15, 0.2) is 0 Å². The number of hydrogen-bond donors (Lipinski definition) is 0. The summed E-state index contributed by atoms with van der Waals surface area (Å²) in [6.45, 7) is 2.51. The van der Waals surface area contributed by atoms with E-state index in [0.29, 0.717) is 35.8 Å². The molecule has 2 aromatic rings. The van der Waals surface area contributed by atoms with Crippen molar-refractivity contribution >= 4 is 29.1 Å². The van der Waals surface area contributed by atoms with Crippen molar-refractivity contribution in [3.8, 4) is 11.6 Å². The van der Waals surface area contributed by atoms with Gasteiger partial charge in [0, 0.05) is 36.3 Å². The molecule has 0 N–H and O–H groups in total. The lowest BCUT2D eigenvalue weighted by molar-refractivity contribution is -0.123. The second-order valence-corrected chi connectivity index (χ2v) is 7.05. The lowest BCUT2D eigenvalue weighted by atomic mass is 9.95. The predicted octanol–water partition coefficient (Wildman–Crippen LogP) is 2.78. The van der Waals surface area contributed by atoms with Crippen molar-refractivity contribution in [1.29, 1.82) is 0 Å². The lowest BCUT2D eigenvalue weighted by Crippen LogP contribution is -2.45. The van der Waals surface area contributed by atoms with Gasteiger partial charge in [-0.3, -0.25) is 4.79 Å². The molecule has 8 heteroatoms. The highest BCUT2D eigenvalue weighted by atomic mass is 35.5. The number of halogens is 1. The zero-order valence-corrected chi connectivity index (χ0v) is 15.9. The van der Waals surface area contributed by atoms with Crippen LogP contribution >= 0.6 is 11.6 Å². The highest BCUT2D eigenvalue weighted by Crippen LogP contribution is 2.36. The second-order valence-electron chi connectivity index (χ2n) is 6.61. The monoisotopic (exact) mass is 388 g/mol. The van der Waals surface area contributed by atoms with Crippen molar-refractivity contribution < 1.29 is 14.3 Å². The summed E-state index contributed by atoms with van der Waals surface area (Å²) in [6.07, 6.45) is 3.20. The molecule has 27 heavy (non-hydrogen) atoms. The Kier molecular flexibility index (Phi) is 5.03. The lowest BCUT2D eigenvalue weighted by Gasteiger charge is -2.36. The van der Waals surface area contributed by atoms with Crippen molar-refractivity contribution in [2.45, 2.75) is 12.8 Å². The molecule has 2 aliphatic heterocycles. The number of fused-ring (bicyclic) bond motifs is 1. The Balaban J connectivity index is 1.44. The van der Waals surface area contributed by atoms with Gasteiger partial charge in [0.25, 0.3) is 0 Å². The number of hydrogen-bond acceptors (Lipinski definition) is 6. The number of anilines is 2. The SMILES string of the molecule is COc1ccnc(N2CCC(C(=O)N3CCOc4ccc(Cl)cc43)CC2)n1. The fraction of sp³-hybridized carbons (Fsp3) is 0.421. The van der Waals surface area contributed by atoms with Crippen LogP contribution in [-0.2, 0) is 4.79 Å². The van der Waals surface area contributed by atoms with E-state index < -0.39 is 0 Å². The van der Waals surface area contributed by atoms with Gasteiger partial charge in [0.2, 0.25) is 17.7 Å². The summed E-state index contributed by atoms with van der Waals surface area (Å²) in [5, 5.41) is 0.599. The Morgan fingerprint density at radius 1 is 1.26 bits per heavy atom. The molecule has 3 heterocycles. The molecule has 0 saturated carbocycles. The van der Waals surface area contributed by atoms with E-state index in [1.807, 2.05) is 11.0 Å². The summed E-state index contributed by atoms with van der Waals surface area (Å²) < 4.78 is 10.8. The Morgan fingerprint density at radius 2 is 2.07 bits per heavy atom. The van der Waals surface area contributed by atoms with Crippen molar-refractivity contribution in [2.24, 2.45) is 5.92 Å². The molecule has 0 unspecified atom stereocenters. The van der Waals surface area contributed by atoms with Crippen LogP contribution in [-0.4, -0.2) is 49.2 Å². The minimum absolute atomic E-state index is 0.0308. The average Bonchev–Trinajstić information content (AvgIpc) is 2.73. The zero-order chi connectivity index (χ0) is 18.8. The molecule has 1 aromatic heterocycles. The zero-order valence-electron chi connectivity index (χ0n) is 15.1. The number of methoxy groups -OCH3 is 1. The number of amides is 1. The number of rotatable bonds is 3. The largest absolute Gasteiger partial charge is 0.490 e. The molecule has 142 valence electrons. The highest BCUT2D eigenvalue weighted by molar-refractivity contribution is 6.31. The fourth-order valence-corrected chi connectivity index (χ4v) is 3.73. The molecule has 2 aliphatic rings. The third kappa shape index (κ3) is 3.64. The minimum Gasteiger partial charge on any atom is -0.490 e. The Hall–Kier alpha value is -2.54. The Bertz CT molecular complexity index is 839. The van der Waals surface area contributed by atoms with Crippen LogP contribution < -0.4 is 19.3 Å². The average molecular weight is 389 g/mol. The van der Waals surface area contributed by atoms with Crippen LogP contribution in [0.2, 0.25) is 5.02 Å². The maximum Gasteiger partial charge on any atom is 0.230 e. The molecular weight excluding hydrogens is 368 g/mol. The molecule has 4 rings (SSSR count). The first-order valence-corrected chi connectivity index (χ1v) is 9.39. The number of benzene rings is 1. The van der Waals surface area contributed by atoms with E-state index in [2.05, 4.69) is 14.9 Å². The normalized spacial score (nSPS) is 17.3. The quantitative estimate of drug-likeness (QED) is 0.805. The molecule has 0 bridgehead atoms. The first-order chi connectivity index (χ1) is 13.2. The predicted molar refractivity (Wildman–Crippen MR) is 103 cm³/mol. The van der Waals surface area contributed by atoms with Crippen molar-refractivity contribution in [2.75, 3.05) is 43.2 Å². The van der Waals surface area contributed by atoms with Gasteiger partial charge in [-0.05, 0) is 31.0 Å². The summed E-state index contributed by atoms with van der Waals surface area (Å²) in [6, 6.07) is 7.12. The summed E-state index contributed by atoms with van der Waals surface area (Å²) in [7, 11) is 1.59. The van der Waals surface area contributed by atoms with Gasteiger partial charge in [-0.1, -0.05) is 11.6 Å². The van der Waals surface area contributed by atoms with Crippen LogP contribution in [0.4, 0.5) is 11.6 Å². The first kappa shape index (κ1) is 17.9. The number of ether oxygens (including phenoxy) is 2. The van der Waals surface area contributed by atoms with Crippen LogP contribution in [0.5, 0.6) is 11.6 Å². The number of piperidine rings is 1. The van der Waals surface area contributed by atoms with Gasteiger partial charge in [-0.2, -0.15) is 4.98 Å². The van der Waals surface area contributed by atoms with E-state index >= 15 is 0 Å². The third-order valence-corrected chi connectivity index (χ3v) is 5.24. The number of carbonyl (C=O) groups is 1. The van der Waals surface area contributed by atoms with E-state index in [0.717, 1.165) is 31.6 Å². The second kappa shape index (κ2) is 7.60. The summed E-state index contributed by atoms with van der Waals surface area (Å²) in [4.78, 5) is 25.7. The standard InChI is InChI=1S/C19H21ClN4O3/c1-26-17-4-7-21-19(22-17)23-8-5-13(6-9-23)18(25)24-10-11-27-16-3-2-14(20)12-15(16)24/h2-4,7,12-13H,5-6,8-11H2,1H3. The Labute approximate surface area is 162 Å². The van der Waals surface area contributed by atoms with Crippen molar-refractivity contribution in [3.05, 3.63) is 35.5 Å². The molecule has 0 spiro atoms. The number of nitrogens with zero attached hydrogens (tertiary/aromatic N) is 4. The van der Waals surface area contributed by atoms with Crippen molar-refractivity contribution in [1.82, 2.24) is 9.97 Å². The van der Waals surface area contributed by atoms with E-state index in [1.54, 1.807) is 31.5 Å². The van der Waals surface area contributed by atoms with Gasteiger partial charge in [-0.25, -0.2) is 4.98 Å². The van der Waals surface area contributed by atoms with Crippen LogP contribution in [0.1, 0.15) is 12.8 Å². The highest BCUT2D eigenvalue weighted by Gasteiger charge is 2.32. The third-order valence-electron chi connectivity index (χ3n) is 5.00. The van der Waals surface area contributed by atoms with Gasteiger partial charge in [0.05, 0.1) is 19.3 Å². The molecular formula is C19H21ClN4O3. The summed E-state index contributed by atoms with van der Waals surface area (Å²) in [5.74, 6) is 2.00. The van der Waals surface area contributed by atoms with E-state index in [1.165, 1.54) is 0 Å². The fourth-order valence-electron chi connectivity index (χ4n) is 3.57. The van der Waals surface area contributed by atoms with Crippen LogP contribution in [0, 0.1) is 5.92 Å². The van der Waals surface area contributed by atoms with Crippen LogP contribution in [0.3, 0.4) is 0 Å². The van der Waals surface area contributed by atoms with E-state index in [4.69, 9.17) is 21.1 Å². The molecule has 0 radical (unpaired) electrons. The molecule has 0 atom stereocenters. The maximum absolute atomic E-state index is 13.1. The van der Waals surface area contributed by atoms with Crippen LogP contribution in [0.25, 0.3) is 0 Å². The maximum atomic E-state index is 13.1. The van der Waals surface area contributed by atoms with Crippen LogP contribution in [0.15, 0.2) is 30.5 Å². The minimum atomic E-state index is -0.0308. The molecule has 1 saturated heterocycles. The molecule has 1 aromatic carbocycles. The summed E-state index contributed by atoms with van der Waals surface area (Å²) >= 11 is 6.12. The van der Waals surface area contributed by atoms with E-state index in [-0.39, 0.29) is 11.8 Å². The van der Waals surface area contributed by atoms with E-state index in [9.17, 15) is 4.79 Å². The molecule has 0 aliphatic carbocycles. The Morgan fingerprint density at radius 3 is 2.85 bits per heavy atom. The number of carbonyl (C=O) groups excluding carboxylic acids is 1. The molecule has 1 amide bonds. The summed E-state index contributed by atoms with van der Waals surface area (Å²) in [5.41, 5.74) is 0.761. The van der Waals surface area contributed by atoms with Gasteiger partial charge < -0.3 is 19.3 Å². The molecule has 1 fully saturated rings. The van der Waals surface area contributed by atoms with Gasteiger partial charge in [-0.15, -0.1) is 0 Å². The van der Waals surface area contributed by atoms with Crippen molar-refractivity contribution in [3.63, 3.8) is 0 Å². The topological polar surface area (TPSA) is 67.8 Å². The smallest absolute Gasteiger partial charge is 0.230 e. The first-order valence-electron chi connectivity index (χ1n) is 9.01.